The smallest absolute Gasteiger partial charge is 0.337 e. The van der Waals surface area contributed by atoms with Crippen molar-refractivity contribution in [1.82, 2.24) is 5.32 Å². The van der Waals surface area contributed by atoms with Gasteiger partial charge in [0.2, 0.25) is 0 Å². The summed E-state index contributed by atoms with van der Waals surface area (Å²) < 4.78 is 11.3. The topological polar surface area (TPSA) is 97.2 Å². The Balaban J connectivity index is 1.54. The Morgan fingerprint density at radius 3 is 2.53 bits per heavy atom. The number of hydrogen-bond acceptors (Lipinski definition) is 6. The molecule has 184 valence electrons. The van der Waals surface area contributed by atoms with E-state index in [2.05, 4.69) is 10.3 Å². The Kier molecular flexibility index (Phi) is 8.11. The molecule has 1 amide bonds. The second-order valence-corrected chi connectivity index (χ2v) is 9.68. The predicted octanol–water partition coefficient (Wildman–Crippen LogP) is 6.82. The summed E-state index contributed by atoms with van der Waals surface area (Å²) in [5, 5.41) is 13.2. The van der Waals surface area contributed by atoms with Gasteiger partial charge in [-0.05, 0) is 71.4 Å². The van der Waals surface area contributed by atoms with E-state index < -0.39 is 5.97 Å². The van der Waals surface area contributed by atoms with Crippen LogP contribution in [0.5, 0.6) is 11.5 Å². The van der Waals surface area contributed by atoms with Gasteiger partial charge in [-0.2, -0.15) is 0 Å². The fraction of sp³-hybridized carbons (Fsp3) is 0.0800. The highest BCUT2D eigenvalue weighted by atomic mass is 35.5. The molecule has 4 rings (SSSR count). The van der Waals surface area contributed by atoms with Crippen molar-refractivity contribution in [2.75, 3.05) is 7.11 Å². The molecule has 0 spiro atoms. The third-order valence-electron chi connectivity index (χ3n) is 4.91. The van der Waals surface area contributed by atoms with E-state index in [1.54, 1.807) is 36.4 Å². The lowest BCUT2D eigenvalue weighted by atomic mass is 10.1. The minimum Gasteiger partial charge on any atom is -0.493 e. The minimum atomic E-state index is -1.17. The number of nitrogens with one attached hydrogen (secondary N) is 1. The molecule has 7 nitrogen and oxygen atoms in total. The maximum absolute atomic E-state index is 12.5. The molecule has 1 fully saturated rings. The zero-order chi connectivity index (χ0) is 25.8. The minimum absolute atomic E-state index is 0.0799. The largest absolute Gasteiger partial charge is 0.493 e. The molecule has 0 saturated carbocycles. The van der Waals surface area contributed by atoms with E-state index in [0.717, 1.165) is 17.3 Å². The van der Waals surface area contributed by atoms with E-state index in [-0.39, 0.29) is 23.1 Å². The number of benzene rings is 3. The van der Waals surface area contributed by atoms with Gasteiger partial charge in [0.15, 0.2) is 16.7 Å². The molecule has 3 aromatic rings. The van der Waals surface area contributed by atoms with Gasteiger partial charge in [-0.1, -0.05) is 46.9 Å². The first-order valence-corrected chi connectivity index (χ1v) is 12.3. The second kappa shape index (κ2) is 11.3. The second-order valence-electron chi connectivity index (χ2n) is 7.40. The number of aliphatic imine (C=N–C) groups is 1. The molecule has 11 heteroatoms. The average molecular weight is 564 g/mol. The number of carbonyl (C=O) groups excluding carboxylic acids is 1. The van der Waals surface area contributed by atoms with Crippen LogP contribution in [0.25, 0.3) is 6.08 Å². The zero-order valence-electron chi connectivity index (χ0n) is 18.6. The number of halogens is 3. The van der Waals surface area contributed by atoms with E-state index in [1.165, 1.54) is 19.2 Å². The first-order valence-electron chi connectivity index (χ1n) is 10.3. The van der Waals surface area contributed by atoms with Crippen molar-refractivity contribution < 1.29 is 24.2 Å². The molecular weight excluding hydrogens is 547 g/mol. The van der Waals surface area contributed by atoms with Gasteiger partial charge in [-0.3, -0.25) is 4.79 Å². The lowest BCUT2D eigenvalue weighted by Gasteiger charge is -2.13. The molecule has 1 aliphatic rings. The number of methoxy groups -OCH3 is 1. The summed E-state index contributed by atoms with van der Waals surface area (Å²) in [7, 11) is 1.50. The Morgan fingerprint density at radius 1 is 1.08 bits per heavy atom. The molecule has 36 heavy (non-hydrogen) atoms. The number of rotatable bonds is 7. The number of amidine groups is 1. The van der Waals surface area contributed by atoms with Crippen molar-refractivity contribution in [3.63, 3.8) is 0 Å². The fourth-order valence-corrected chi connectivity index (χ4v) is 4.64. The Hall–Kier alpha value is -3.17. The highest BCUT2D eigenvalue weighted by molar-refractivity contribution is 8.18. The highest BCUT2D eigenvalue weighted by Crippen LogP contribution is 2.38. The van der Waals surface area contributed by atoms with Crippen molar-refractivity contribution >= 4 is 75.4 Å². The summed E-state index contributed by atoms with van der Waals surface area (Å²) in [5.41, 5.74) is 1.79. The number of ether oxygens (including phenoxy) is 2. The van der Waals surface area contributed by atoms with Gasteiger partial charge in [-0.25, -0.2) is 9.79 Å². The monoisotopic (exact) mass is 562 g/mol. The van der Waals surface area contributed by atoms with Gasteiger partial charge in [0.25, 0.3) is 5.91 Å². The Labute approximate surface area is 225 Å². The van der Waals surface area contributed by atoms with Crippen molar-refractivity contribution in [3.05, 3.63) is 91.3 Å². The van der Waals surface area contributed by atoms with Crippen LogP contribution >= 0.6 is 46.6 Å². The van der Waals surface area contributed by atoms with Crippen LogP contribution in [0.15, 0.2) is 64.5 Å². The lowest BCUT2D eigenvalue weighted by molar-refractivity contribution is -0.115. The molecule has 1 heterocycles. The molecule has 1 aliphatic heterocycles. The summed E-state index contributed by atoms with van der Waals surface area (Å²) >= 11 is 19.4. The van der Waals surface area contributed by atoms with E-state index in [9.17, 15) is 14.7 Å². The molecule has 0 radical (unpaired) electrons. The predicted molar refractivity (Wildman–Crippen MR) is 143 cm³/mol. The fourth-order valence-electron chi connectivity index (χ4n) is 3.20. The summed E-state index contributed by atoms with van der Waals surface area (Å²) in [4.78, 5) is 28.5. The molecule has 0 unspecified atom stereocenters. The Bertz CT molecular complexity index is 1410. The van der Waals surface area contributed by atoms with E-state index in [4.69, 9.17) is 44.3 Å². The SMILES string of the molecule is COc1cc(/C=C2\SC(=Nc3ccc(Cl)c(C(=O)O)c3)NC2=O)cc(Cl)c1OCc1ccc(Cl)cc1. The number of amides is 1. The summed E-state index contributed by atoms with van der Waals surface area (Å²) in [5.74, 6) is -0.747. The lowest BCUT2D eigenvalue weighted by Crippen LogP contribution is -2.19. The van der Waals surface area contributed by atoms with Crippen LogP contribution in [-0.2, 0) is 11.4 Å². The van der Waals surface area contributed by atoms with Gasteiger partial charge in [0.05, 0.1) is 33.3 Å². The van der Waals surface area contributed by atoms with Crippen LogP contribution < -0.4 is 14.8 Å². The number of carboxylic acid groups (broad SMARTS) is 1. The van der Waals surface area contributed by atoms with Crippen molar-refractivity contribution in [3.8, 4) is 11.5 Å². The molecule has 1 saturated heterocycles. The zero-order valence-corrected chi connectivity index (χ0v) is 21.6. The molecule has 0 aromatic heterocycles. The van der Waals surface area contributed by atoms with Gasteiger partial charge in [0, 0.05) is 5.02 Å². The summed E-state index contributed by atoms with van der Waals surface area (Å²) in [6.07, 6.45) is 1.64. The van der Waals surface area contributed by atoms with Crippen LogP contribution in [0.4, 0.5) is 5.69 Å². The molecule has 0 atom stereocenters. The van der Waals surface area contributed by atoms with Crippen LogP contribution in [0.2, 0.25) is 15.1 Å². The number of thioether (sulfide) groups is 1. The van der Waals surface area contributed by atoms with Gasteiger partial charge < -0.3 is 19.9 Å². The number of carbonyl (C=O) groups is 2. The summed E-state index contributed by atoms with van der Waals surface area (Å²) in [6.45, 7) is 0.264. The molecule has 0 bridgehead atoms. The van der Waals surface area contributed by atoms with E-state index >= 15 is 0 Å². The van der Waals surface area contributed by atoms with Crippen LogP contribution in [-0.4, -0.2) is 29.3 Å². The average Bonchev–Trinajstić information content (AvgIpc) is 3.18. The van der Waals surface area contributed by atoms with Crippen LogP contribution in [0.3, 0.4) is 0 Å². The maximum Gasteiger partial charge on any atom is 0.337 e. The van der Waals surface area contributed by atoms with Crippen molar-refractivity contribution in [2.45, 2.75) is 6.61 Å². The number of carboxylic acids is 1. The quantitative estimate of drug-likeness (QED) is 0.306. The van der Waals surface area contributed by atoms with Crippen molar-refractivity contribution in [2.24, 2.45) is 4.99 Å². The maximum atomic E-state index is 12.5. The number of hydrogen-bond donors (Lipinski definition) is 2. The molecule has 2 N–H and O–H groups in total. The molecular formula is C25H17Cl3N2O5S. The standard InChI is InChI=1S/C25H17Cl3N2O5S/c1-34-20-9-14(8-19(28)22(20)35-12-13-2-4-15(26)5-3-13)10-21-23(31)30-25(36-21)29-16-6-7-18(27)17(11-16)24(32)33/h2-11H,12H2,1H3,(H,32,33)(H,29,30,31)/b21-10-. The molecule has 3 aromatic carbocycles. The van der Waals surface area contributed by atoms with E-state index in [1.807, 2.05) is 12.1 Å². The normalized spacial score (nSPS) is 15.3. The third kappa shape index (κ3) is 6.14. The van der Waals surface area contributed by atoms with Crippen molar-refractivity contribution in [1.29, 1.82) is 0 Å². The Morgan fingerprint density at radius 2 is 1.83 bits per heavy atom. The van der Waals surface area contributed by atoms with Crippen LogP contribution in [0.1, 0.15) is 21.5 Å². The summed E-state index contributed by atoms with van der Waals surface area (Å²) in [6, 6.07) is 14.9. The van der Waals surface area contributed by atoms with Gasteiger partial charge in [-0.15, -0.1) is 0 Å². The first-order chi connectivity index (χ1) is 17.2. The number of nitrogens with zero attached hydrogens (tertiary/aromatic N) is 1. The van der Waals surface area contributed by atoms with Gasteiger partial charge >= 0.3 is 5.97 Å². The highest BCUT2D eigenvalue weighted by Gasteiger charge is 2.24. The van der Waals surface area contributed by atoms with Crippen LogP contribution in [0, 0.1) is 0 Å². The first kappa shape index (κ1) is 25.9. The third-order valence-corrected chi connectivity index (χ3v) is 6.68. The number of aromatic carboxylic acids is 1. The van der Waals surface area contributed by atoms with Gasteiger partial charge in [0.1, 0.15) is 6.61 Å². The van der Waals surface area contributed by atoms with E-state index in [0.29, 0.717) is 42.9 Å². The molecule has 0 aliphatic carbocycles.